The number of esters is 1. The van der Waals surface area contributed by atoms with E-state index < -0.39 is 11.8 Å². The second kappa shape index (κ2) is 7.78. The third-order valence-electron chi connectivity index (χ3n) is 4.27. The lowest BCUT2D eigenvalue weighted by Crippen LogP contribution is -2.06. The van der Waals surface area contributed by atoms with E-state index >= 15 is 0 Å². The molecule has 0 aliphatic carbocycles. The first-order chi connectivity index (χ1) is 14.4. The van der Waals surface area contributed by atoms with Crippen molar-refractivity contribution in [3.8, 4) is 0 Å². The summed E-state index contributed by atoms with van der Waals surface area (Å²) >= 11 is 0. The lowest BCUT2D eigenvalue weighted by molar-refractivity contribution is 0.0526. The third kappa shape index (κ3) is 3.77. The number of benzene rings is 1. The van der Waals surface area contributed by atoms with Crippen molar-refractivity contribution in [2.75, 3.05) is 17.2 Å². The summed E-state index contributed by atoms with van der Waals surface area (Å²) in [5.74, 6) is -0.320. The van der Waals surface area contributed by atoms with Gasteiger partial charge in [0.2, 0.25) is 5.95 Å². The summed E-state index contributed by atoms with van der Waals surface area (Å²) in [5.41, 5.74) is 1.62. The summed E-state index contributed by atoms with van der Waals surface area (Å²) in [4.78, 5) is 20.7. The number of carbonyl (C=O) groups excluding carboxylic acids is 1. The molecule has 30 heavy (non-hydrogen) atoms. The largest absolute Gasteiger partial charge is 0.462 e. The molecule has 0 aliphatic heterocycles. The molecular formula is C19H19FN8O2. The standard InChI is InChI=1S/C19H19FN8O2/c1-4-30-18(29)11-5-6-14(20)15(7-11)24-16-13-9-21-19(25-17(13)28(3)26-16)23-12-8-22-27(2)10-12/h5-10H,4H2,1-3H3,(H,24,26)(H,21,23,25). The SMILES string of the molecule is CCOC(=O)c1ccc(F)c(Nc2nn(C)c3nc(Nc4cnn(C)c4)ncc23)c1. The lowest BCUT2D eigenvalue weighted by Gasteiger charge is -2.08. The molecule has 1 aromatic carbocycles. The van der Waals surface area contributed by atoms with E-state index in [1.165, 1.54) is 18.2 Å². The number of hydrogen-bond donors (Lipinski definition) is 2. The predicted molar refractivity (Wildman–Crippen MR) is 108 cm³/mol. The molecule has 0 amide bonds. The fourth-order valence-corrected chi connectivity index (χ4v) is 2.90. The van der Waals surface area contributed by atoms with Gasteiger partial charge in [-0.2, -0.15) is 15.2 Å². The molecule has 10 nitrogen and oxygen atoms in total. The van der Waals surface area contributed by atoms with Gasteiger partial charge in [0.05, 0.1) is 35.1 Å². The molecule has 0 fully saturated rings. The Kier molecular flexibility index (Phi) is 5.00. The molecule has 11 heteroatoms. The van der Waals surface area contributed by atoms with Crippen molar-refractivity contribution in [3.05, 3.63) is 48.2 Å². The zero-order valence-electron chi connectivity index (χ0n) is 16.5. The molecule has 4 rings (SSSR count). The van der Waals surface area contributed by atoms with Crippen LogP contribution in [0, 0.1) is 5.82 Å². The minimum Gasteiger partial charge on any atom is -0.462 e. The summed E-state index contributed by atoms with van der Waals surface area (Å²) in [6.45, 7) is 1.94. The van der Waals surface area contributed by atoms with Crippen LogP contribution in [0.2, 0.25) is 0 Å². The molecule has 0 saturated heterocycles. The minimum absolute atomic E-state index is 0.0955. The van der Waals surface area contributed by atoms with Crippen LogP contribution in [0.25, 0.3) is 11.0 Å². The number of aryl methyl sites for hydroxylation is 2. The van der Waals surface area contributed by atoms with E-state index in [2.05, 4.69) is 30.8 Å². The average molecular weight is 410 g/mol. The highest BCUT2D eigenvalue weighted by molar-refractivity contribution is 5.92. The third-order valence-corrected chi connectivity index (χ3v) is 4.27. The number of rotatable bonds is 6. The second-order valence-corrected chi connectivity index (χ2v) is 6.47. The van der Waals surface area contributed by atoms with E-state index in [-0.39, 0.29) is 17.9 Å². The van der Waals surface area contributed by atoms with Gasteiger partial charge in [0.25, 0.3) is 0 Å². The average Bonchev–Trinajstić information content (AvgIpc) is 3.26. The number of hydrogen-bond acceptors (Lipinski definition) is 8. The second-order valence-electron chi connectivity index (χ2n) is 6.47. The fourth-order valence-electron chi connectivity index (χ4n) is 2.90. The number of fused-ring (bicyclic) bond motifs is 1. The van der Waals surface area contributed by atoms with E-state index in [1.54, 1.807) is 41.9 Å². The molecular weight excluding hydrogens is 391 g/mol. The van der Waals surface area contributed by atoms with Crippen LogP contribution >= 0.6 is 0 Å². The van der Waals surface area contributed by atoms with Crippen LogP contribution in [0.3, 0.4) is 0 Å². The van der Waals surface area contributed by atoms with Gasteiger partial charge in [-0.1, -0.05) is 0 Å². The van der Waals surface area contributed by atoms with Crippen LogP contribution in [-0.4, -0.2) is 42.1 Å². The van der Waals surface area contributed by atoms with E-state index in [0.717, 1.165) is 5.69 Å². The maximum atomic E-state index is 14.3. The highest BCUT2D eigenvalue weighted by atomic mass is 19.1. The Hall–Kier alpha value is -4.02. The maximum absolute atomic E-state index is 14.3. The Balaban J connectivity index is 1.64. The first-order valence-electron chi connectivity index (χ1n) is 9.13. The van der Waals surface area contributed by atoms with Crippen molar-refractivity contribution in [1.82, 2.24) is 29.5 Å². The molecule has 0 aliphatic rings. The zero-order chi connectivity index (χ0) is 21.3. The Morgan fingerprint density at radius 1 is 1.23 bits per heavy atom. The van der Waals surface area contributed by atoms with Crippen LogP contribution < -0.4 is 10.6 Å². The molecule has 0 unspecified atom stereocenters. The summed E-state index contributed by atoms with van der Waals surface area (Å²) in [6, 6.07) is 3.95. The van der Waals surface area contributed by atoms with Crippen LogP contribution in [0.5, 0.6) is 0 Å². The van der Waals surface area contributed by atoms with Gasteiger partial charge >= 0.3 is 5.97 Å². The molecule has 154 valence electrons. The highest BCUT2D eigenvalue weighted by Gasteiger charge is 2.16. The van der Waals surface area contributed by atoms with Crippen molar-refractivity contribution >= 4 is 40.1 Å². The number of ether oxygens (including phenoxy) is 1. The maximum Gasteiger partial charge on any atom is 0.338 e. The number of aromatic nitrogens is 6. The van der Waals surface area contributed by atoms with Crippen molar-refractivity contribution in [2.45, 2.75) is 6.92 Å². The van der Waals surface area contributed by atoms with E-state index in [9.17, 15) is 9.18 Å². The topological polar surface area (TPSA) is 112 Å². The van der Waals surface area contributed by atoms with Gasteiger partial charge in [-0.3, -0.25) is 4.68 Å². The summed E-state index contributed by atoms with van der Waals surface area (Å²) in [7, 11) is 3.53. The minimum atomic E-state index is -0.530. The Morgan fingerprint density at radius 3 is 2.80 bits per heavy atom. The zero-order valence-corrected chi connectivity index (χ0v) is 16.5. The van der Waals surface area contributed by atoms with E-state index in [1.807, 2.05) is 7.05 Å². The van der Waals surface area contributed by atoms with E-state index in [0.29, 0.717) is 22.8 Å². The van der Waals surface area contributed by atoms with Gasteiger partial charge in [0, 0.05) is 26.5 Å². The molecule has 0 radical (unpaired) electrons. The summed E-state index contributed by atoms with van der Waals surface area (Å²) in [6.07, 6.45) is 5.04. The number of anilines is 4. The summed E-state index contributed by atoms with van der Waals surface area (Å²) < 4.78 is 22.5. The predicted octanol–water partition coefficient (Wildman–Crippen LogP) is 2.90. The smallest absolute Gasteiger partial charge is 0.338 e. The number of nitrogens with zero attached hydrogens (tertiary/aromatic N) is 6. The molecule has 4 aromatic rings. The normalized spacial score (nSPS) is 10.9. The van der Waals surface area contributed by atoms with Gasteiger partial charge < -0.3 is 15.4 Å². The van der Waals surface area contributed by atoms with Gasteiger partial charge in [-0.05, 0) is 25.1 Å². The van der Waals surface area contributed by atoms with Gasteiger partial charge in [0.1, 0.15) is 5.82 Å². The molecule has 3 aromatic heterocycles. The van der Waals surface area contributed by atoms with Gasteiger partial charge in [0.15, 0.2) is 11.5 Å². The Labute approximate surface area is 170 Å². The molecule has 0 atom stereocenters. The Morgan fingerprint density at radius 2 is 2.07 bits per heavy atom. The van der Waals surface area contributed by atoms with Crippen molar-refractivity contribution in [3.63, 3.8) is 0 Å². The molecule has 0 spiro atoms. The number of carbonyl (C=O) groups is 1. The quantitative estimate of drug-likeness (QED) is 0.467. The summed E-state index contributed by atoms with van der Waals surface area (Å²) in [5, 5.41) is 15.0. The molecule has 0 saturated carbocycles. The Bertz CT molecular complexity index is 1230. The van der Waals surface area contributed by atoms with Gasteiger partial charge in [-0.25, -0.2) is 18.9 Å². The van der Waals surface area contributed by atoms with Crippen LogP contribution in [0.15, 0.2) is 36.8 Å². The van der Waals surface area contributed by atoms with Crippen LogP contribution in [-0.2, 0) is 18.8 Å². The van der Waals surface area contributed by atoms with Crippen molar-refractivity contribution < 1.29 is 13.9 Å². The number of halogens is 1. The monoisotopic (exact) mass is 410 g/mol. The van der Waals surface area contributed by atoms with Crippen LogP contribution in [0.4, 0.5) is 27.5 Å². The highest BCUT2D eigenvalue weighted by Crippen LogP contribution is 2.27. The first kappa shape index (κ1) is 19.3. The first-order valence-corrected chi connectivity index (χ1v) is 9.13. The number of nitrogens with one attached hydrogen (secondary N) is 2. The van der Waals surface area contributed by atoms with Crippen molar-refractivity contribution in [2.24, 2.45) is 14.1 Å². The fraction of sp³-hybridized carbons (Fsp3) is 0.211. The molecule has 2 N–H and O–H groups in total. The molecule has 0 bridgehead atoms. The van der Waals surface area contributed by atoms with Crippen LogP contribution in [0.1, 0.15) is 17.3 Å². The molecule has 3 heterocycles. The van der Waals surface area contributed by atoms with Gasteiger partial charge in [-0.15, -0.1) is 0 Å². The van der Waals surface area contributed by atoms with Crippen molar-refractivity contribution in [1.29, 1.82) is 0 Å². The lowest BCUT2D eigenvalue weighted by atomic mass is 10.2. The van der Waals surface area contributed by atoms with E-state index in [4.69, 9.17) is 4.74 Å².